The number of halogens is 2. The molecule has 1 N–H and O–H groups in total. The number of aromatic nitrogens is 2. The Kier molecular flexibility index (Phi) is 4.03. The second kappa shape index (κ2) is 6.37. The summed E-state index contributed by atoms with van der Waals surface area (Å²) in [4.78, 5) is 12.3. The Morgan fingerprint density at radius 2 is 2.00 bits per heavy atom. The van der Waals surface area contributed by atoms with Crippen molar-refractivity contribution in [3.8, 4) is 5.69 Å². The minimum atomic E-state index is -0.572. The zero-order valence-electron chi connectivity index (χ0n) is 14.2. The van der Waals surface area contributed by atoms with Crippen molar-refractivity contribution in [3.05, 3.63) is 77.0 Å². The number of nitrogens with zero attached hydrogens (tertiary/aromatic N) is 2. The van der Waals surface area contributed by atoms with Gasteiger partial charge in [-0.25, -0.2) is 13.5 Å². The first-order chi connectivity index (χ1) is 12.6. The van der Waals surface area contributed by atoms with E-state index in [4.69, 9.17) is 0 Å². The number of rotatable bonds is 3. The van der Waals surface area contributed by atoms with Gasteiger partial charge in [0, 0.05) is 17.9 Å². The number of carbonyl (C=O) groups is 1. The van der Waals surface area contributed by atoms with Crippen molar-refractivity contribution in [2.45, 2.75) is 25.7 Å². The number of hydrogen-bond acceptors (Lipinski definition) is 2. The van der Waals surface area contributed by atoms with Crippen LogP contribution in [0, 0.1) is 11.6 Å². The molecule has 1 amide bonds. The normalized spacial score (nSPS) is 16.3. The van der Waals surface area contributed by atoms with Crippen molar-refractivity contribution in [1.82, 2.24) is 9.78 Å². The van der Waals surface area contributed by atoms with Crippen LogP contribution in [0.5, 0.6) is 0 Å². The van der Waals surface area contributed by atoms with Gasteiger partial charge in [0.15, 0.2) is 0 Å². The number of carbonyl (C=O) groups excluding carboxylic acids is 1. The number of fused-ring (bicyclic) bond motifs is 1. The van der Waals surface area contributed by atoms with Crippen LogP contribution in [0.3, 0.4) is 0 Å². The fourth-order valence-electron chi connectivity index (χ4n) is 3.48. The number of hydrogen-bond donors (Lipinski definition) is 1. The van der Waals surface area contributed by atoms with Crippen LogP contribution in [0.2, 0.25) is 0 Å². The van der Waals surface area contributed by atoms with Gasteiger partial charge >= 0.3 is 0 Å². The number of nitrogens with one attached hydrogen (secondary N) is 1. The zero-order valence-corrected chi connectivity index (χ0v) is 14.2. The van der Waals surface area contributed by atoms with Crippen molar-refractivity contribution in [2.75, 3.05) is 5.32 Å². The molecule has 0 saturated heterocycles. The van der Waals surface area contributed by atoms with E-state index >= 15 is 0 Å². The molecule has 0 saturated carbocycles. The molecule has 1 atom stereocenters. The first-order valence-electron chi connectivity index (χ1n) is 8.49. The second-order valence-electron chi connectivity index (χ2n) is 6.31. The smallest absolute Gasteiger partial charge is 0.226 e. The Morgan fingerprint density at radius 1 is 1.19 bits per heavy atom. The minimum Gasteiger partial charge on any atom is -0.310 e. The number of para-hydroxylation sites is 1. The summed E-state index contributed by atoms with van der Waals surface area (Å²) in [5.74, 6) is -1.37. The van der Waals surface area contributed by atoms with Crippen LogP contribution >= 0.6 is 0 Å². The van der Waals surface area contributed by atoms with Crippen LogP contribution in [0.25, 0.3) is 5.69 Å². The third kappa shape index (κ3) is 2.67. The van der Waals surface area contributed by atoms with E-state index in [9.17, 15) is 13.6 Å². The highest BCUT2D eigenvalue weighted by Gasteiger charge is 2.32. The van der Waals surface area contributed by atoms with Crippen molar-refractivity contribution in [1.29, 1.82) is 0 Å². The van der Waals surface area contributed by atoms with E-state index < -0.39 is 17.6 Å². The van der Waals surface area contributed by atoms with Gasteiger partial charge in [0.1, 0.15) is 17.5 Å². The summed E-state index contributed by atoms with van der Waals surface area (Å²) in [6.45, 7) is 2.04. The molecule has 2 aromatic carbocycles. The van der Waals surface area contributed by atoms with Gasteiger partial charge in [-0.05, 0) is 41.8 Å². The van der Waals surface area contributed by atoms with Crippen molar-refractivity contribution in [3.63, 3.8) is 0 Å². The standard InChI is InChI=1S/C20H17F2N3O/c1-2-12-5-3-4-6-18(12)25-20-16(11-23-25)14(10-19(26)24-20)15-9-13(21)7-8-17(15)22/h3-9,11,14H,2,10H2,1H3,(H,24,26). The summed E-state index contributed by atoms with van der Waals surface area (Å²) in [5.41, 5.74) is 2.79. The molecule has 0 aliphatic carbocycles. The van der Waals surface area contributed by atoms with Gasteiger partial charge in [0.05, 0.1) is 11.9 Å². The highest BCUT2D eigenvalue weighted by Crippen LogP contribution is 2.39. The fourth-order valence-corrected chi connectivity index (χ4v) is 3.48. The first-order valence-corrected chi connectivity index (χ1v) is 8.49. The molecule has 1 unspecified atom stereocenters. The molecule has 2 heterocycles. The zero-order chi connectivity index (χ0) is 18.3. The molecular weight excluding hydrogens is 336 g/mol. The van der Waals surface area contributed by atoms with Crippen molar-refractivity contribution < 1.29 is 13.6 Å². The van der Waals surface area contributed by atoms with E-state index in [1.165, 1.54) is 0 Å². The van der Waals surface area contributed by atoms with Crippen LogP contribution in [-0.2, 0) is 11.2 Å². The van der Waals surface area contributed by atoms with E-state index in [2.05, 4.69) is 10.4 Å². The maximum Gasteiger partial charge on any atom is 0.226 e. The van der Waals surface area contributed by atoms with E-state index in [0.29, 0.717) is 11.4 Å². The topological polar surface area (TPSA) is 46.9 Å². The Bertz CT molecular complexity index is 996. The lowest BCUT2D eigenvalue weighted by Crippen LogP contribution is -2.25. The van der Waals surface area contributed by atoms with E-state index in [-0.39, 0.29) is 17.9 Å². The molecule has 1 aliphatic heterocycles. The molecule has 3 aromatic rings. The lowest BCUT2D eigenvalue weighted by Gasteiger charge is -2.24. The molecule has 1 aromatic heterocycles. The van der Waals surface area contributed by atoms with Gasteiger partial charge in [0.2, 0.25) is 5.91 Å². The Balaban J connectivity index is 1.87. The average Bonchev–Trinajstić information content (AvgIpc) is 3.06. The lowest BCUT2D eigenvalue weighted by atomic mass is 9.87. The molecule has 4 rings (SSSR count). The summed E-state index contributed by atoms with van der Waals surface area (Å²) in [7, 11) is 0. The molecular formula is C20H17F2N3O. The van der Waals surface area contributed by atoms with Crippen LogP contribution < -0.4 is 5.32 Å². The largest absolute Gasteiger partial charge is 0.310 e. The number of aryl methyl sites for hydroxylation is 1. The first kappa shape index (κ1) is 16.4. The molecule has 6 heteroatoms. The lowest BCUT2D eigenvalue weighted by molar-refractivity contribution is -0.116. The molecule has 26 heavy (non-hydrogen) atoms. The molecule has 132 valence electrons. The third-order valence-electron chi connectivity index (χ3n) is 4.75. The third-order valence-corrected chi connectivity index (χ3v) is 4.75. The monoisotopic (exact) mass is 353 g/mol. The van der Waals surface area contributed by atoms with Gasteiger partial charge in [0.25, 0.3) is 0 Å². The van der Waals surface area contributed by atoms with Gasteiger partial charge in [-0.1, -0.05) is 25.1 Å². The second-order valence-corrected chi connectivity index (χ2v) is 6.31. The Morgan fingerprint density at radius 3 is 2.81 bits per heavy atom. The van der Waals surface area contributed by atoms with Crippen LogP contribution in [0.4, 0.5) is 14.6 Å². The highest BCUT2D eigenvalue weighted by molar-refractivity contribution is 5.94. The van der Waals surface area contributed by atoms with Gasteiger partial charge in [-0.15, -0.1) is 0 Å². The summed E-state index contributed by atoms with van der Waals surface area (Å²) < 4.78 is 29.6. The maximum absolute atomic E-state index is 14.3. The molecule has 0 bridgehead atoms. The molecule has 0 fully saturated rings. The van der Waals surface area contributed by atoms with E-state index in [0.717, 1.165) is 35.9 Å². The number of amides is 1. The van der Waals surface area contributed by atoms with Crippen LogP contribution in [-0.4, -0.2) is 15.7 Å². The van der Waals surface area contributed by atoms with E-state index in [1.807, 2.05) is 31.2 Å². The van der Waals surface area contributed by atoms with E-state index in [1.54, 1.807) is 10.9 Å². The van der Waals surface area contributed by atoms with Gasteiger partial charge in [-0.2, -0.15) is 5.10 Å². The minimum absolute atomic E-state index is 0.0501. The molecule has 0 radical (unpaired) electrons. The fraction of sp³-hybridized carbons (Fsp3) is 0.200. The van der Waals surface area contributed by atoms with Gasteiger partial charge in [-0.3, -0.25) is 4.79 Å². The summed E-state index contributed by atoms with van der Waals surface area (Å²) >= 11 is 0. The summed E-state index contributed by atoms with van der Waals surface area (Å²) in [6, 6.07) is 11.1. The number of benzene rings is 2. The average molecular weight is 353 g/mol. The molecule has 0 spiro atoms. The van der Waals surface area contributed by atoms with Gasteiger partial charge < -0.3 is 5.32 Å². The number of anilines is 1. The predicted molar refractivity (Wildman–Crippen MR) is 94.4 cm³/mol. The summed E-state index contributed by atoms with van der Waals surface area (Å²) in [5, 5.41) is 7.26. The Hall–Kier alpha value is -3.02. The SMILES string of the molecule is CCc1ccccc1-n1ncc2c1NC(=O)CC2c1cc(F)ccc1F. The Labute approximate surface area is 149 Å². The summed E-state index contributed by atoms with van der Waals surface area (Å²) in [6.07, 6.45) is 2.48. The quantitative estimate of drug-likeness (QED) is 0.768. The van der Waals surface area contributed by atoms with Crippen LogP contribution in [0.1, 0.15) is 36.0 Å². The molecule has 4 nitrogen and oxygen atoms in total. The van der Waals surface area contributed by atoms with Crippen molar-refractivity contribution in [2.24, 2.45) is 0 Å². The molecule has 1 aliphatic rings. The van der Waals surface area contributed by atoms with Crippen molar-refractivity contribution >= 4 is 11.7 Å². The predicted octanol–water partition coefficient (Wildman–Crippen LogP) is 4.19. The highest BCUT2D eigenvalue weighted by atomic mass is 19.1. The van der Waals surface area contributed by atoms with Crippen LogP contribution in [0.15, 0.2) is 48.7 Å². The maximum atomic E-state index is 14.3.